The summed E-state index contributed by atoms with van der Waals surface area (Å²) in [6, 6.07) is 4.68. The number of piperidine rings is 1. The molecule has 8 nitrogen and oxygen atoms in total. The van der Waals surface area contributed by atoms with Crippen molar-refractivity contribution in [2.75, 3.05) is 19.6 Å². The van der Waals surface area contributed by atoms with E-state index < -0.39 is 15.8 Å². The van der Waals surface area contributed by atoms with Gasteiger partial charge in [0.15, 0.2) is 0 Å². The van der Waals surface area contributed by atoms with Gasteiger partial charge in [-0.1, -0.05) is 19.3 Å². The van der Waals surface area contributed by atoms with E-state index in [0.29, 0.717) is 25.9 Å². The Morgan fingerprint density at radius 1 is 0.935 bits per heavy atom. The van der Waals surface area contributed by atoms with E-state index in [1.54, 1.807) is 4.90 Å². The van der Waals surface area contributed by atoms with Crippen LogP contribution >= 0.6 is 0 Å². The SMILES string of the molecule is O=C(NC1CCCCC1)NC1CCN(C(=O)CCNS(=O)(=O)c2ccc(F)cc2)CC1. The largest absolute Gasteiger partial charge is 0.343 e. The van der Waals surface area contributed by atoms with Crippen LogP contribution in [0.2, 0.25) is 0 Å². The van der Waals surface area contributed by atoms with Crippen LogP contribution in [0.3, 0.4) is 0 Å². The fraction of sp³-hybridized carbons (Fsp3) is 0.619. The Kier molecular flexibility index (Phi) is 8.25. The summed E-state index contributed by atoms with van der Waals surface area (Å²) in [5.74, 6) is -0.648. The van der Waals surface area contributed by atoms with Crippen LogP contribution in [0.4, 0.5) is 9.18 Å². The average molecular weight is 455 g/mol. The Balaban J connectivity index is 1.35. The number of halogens is 1. The van der Waals surface area contributed by atoms with Crippen molar-refractivity contribution < 1.29 is 22.4 Å². The van der Waals surface area contributed by atoms with Gasteiger partial charge in [-0.15, -0.1) is 0 Å². The lowest BCUT2D eigenvalue weighted by Gasteiger charge is -2.33. The Labute approximate surface area is 183 Å². The number of carbonyl (C=O) groups is 2. The smallest absolute Gasteiger partial charge is 0.315 e. The molecule has 1 aliphatic heterocycles. The van der Waals surface area contributed by atoms with Gasteiger partial charge in [0.2, 0.25) is 15.9 Å². The first-order valence-corrected chi connectivity index (χ1v) is 12.4. The third kappa shape index (κ3) is 7.17. The first-order chi connectivity index (χ1) is 14.8. The molecule has 10 heteroatoms. The van der Waals surface area contributed by atoms with Gasteiger partial charge in [-0.25, -0.2) is 22.3 Å². The fourth-order valence-corrected chi connectivity index (χ4v) is 5.11. The van der Waals surface area contributed by atoms with E-state index in [0.717, 1.165) is 37.8 Å². The van der Waals surface area contributed by atoms with Gasteiger partial charge in [0.05, 0.1) is 4.90 Å². The van der Waals surface area contributed by atoms with Crippen LogP contribution in [0.1, 0.15) is 51.4 Å². The number of carbonyl (C=O) groups excluding carboxylic acids is 2. The molecule has 1 aliphatic carbocycles. The Hall–Kier alpha value is -2.20. The molecule has 172 valence electrons. The first kappa shape index (κ1) is 23.5. The monoisotopic (exact) mass is 454 g/mol. The minimum Gasteiger partial charge on any atom is -0.343 e. The normalized spacial score (nSPS) is 18.5. The molecule has 3 N–H and O–H groups in total. The maximum atomic E-state index is 12.9. The van der Waals surface area contributed by atoms with Crippen molar-refractivity contribution in [3.63, 3.8) is 0 Å². The highest BCUT2D eigenvalue weighted by Crippen LogP contribution is 2.17. The summed E-state index contributed by atoms with van der Waals surface area (Å²) < 4.78 is 39.7. The molecule has 0 bridgehead atoms. The summed E-state index contributed by atoms with van der Waals surface area (Å²) in [4.78, 5) is 26.2. The first-order valence-electron chi connectivity index (χ1n) is 10.9. The van der Waals surface area contributed by atoms with E-state index >= 15 is 0 Å². The van der Waals surface area contributed by atoms with Gasteiger partial charge in [-0.05, 0) is 49.9 Å². The van der Waals surface area contributed by atoms with Crippen LogP contribution in [0.15, 0.2) is 29.2 Å². The van der Waals surface area contributed by atoms with Crippen molar-refractivity contribution in [1.82, 2.24) is 20.3 Å². The van der Waals surface area contributed by atoms with Crippen LogP contribution in [-0.4, -0.2) is 57.0 Å². The summed E-state index contributed by atoms with van der Waals surface area (Å²) in [5.41, 5.74) is 0. The number of hydrogen-bond donors (Lipinski definition) is 3. The van der Waals surface area contributed by atoms with E-state index in [2.05, 4.69) is 15.4 Å². The zero-order valence-electron chi connectivity index (χ0n) is 17.6. The molecule has 2 fully saturated rings. The quantitative estimate of drug-likeness (QED) is 0.586. The summed E-state index contributed by atoms with van der Waals surface area (Å²) in [5, 5.41) is 6.05. The average Bonchev–Trinajstić information content (AvgIpc) is 2.75. The molecule has 0 radical (unpaired) electrons. The van der Waals surface area contributed by atoms with Crippen molar-refractivity contribution in [2.24, 2.45) is 0 Å². The van der Waals surface area contributed by atoms with Crippen LogP contribution in [0.25, 0.3) is 0 Å². The molecule has 1 saturated heterocycles. The predicted molar refractivity (Wildman–Crippen MR) is 114 cm³/mol. The lowest BCUT2D eigenvalue weighted by atomic mass is 9.96. The van der Waals surface area contributed by atoms with Crippen LogP contribution in [0.5, 0.6) is 0 Å². The third-order valence-corrected chi connectivity index (χ3v) is 7.36. The summed E-state index contributed by atoms with van der Waals surface area (Å²) in [6.45, 7) is 1.02. The molecule has 0 unspecified atom stereocenters. The molecule has 0 atom stereocenters. The number of nitrogens with zero attached hydrogens (tertiary/aromatic N) is 1. The molecule has 3 rings (SSSR count). The van der Waals surface area contributed by atoms with Gasteiger partial charge < -0.3 is 15.5 Å². The van der Waals surface area contributed by atoms with Gasteiger partial charge >= 0.3 is 6.03 Å². The number of likely N-dealkylation sites (tertiary alicyclic amines) is 1. The van der Waals surface area contributed by atoms with E-state index in [-0.39, 0.29) is 41.9 Å². The minimum atomic E-state index is -3.78. The lowest BCUT2D eigenvalue weighted by molar-refractivity contribution is -0.132. The predicted octanol–water partition coefficient (Wildman–Crippen LogP) is 2.12. The van der Waals surface area contributed by atoms with Gasteiger partial charge in [-0.2, -0.15) is 0 Å². The van der Waals surface area contributed by atoms with Gasteiger partial charge in [0, 0.05) is 38.1 Å². The summed E-state index contributed by atoms with van der Waals surface area (Å²) in [6.07, 6.45) is 7.00. The number of nitrogens with one attached hydrogen (secondary N) is 3. The maximum absolute atomic E-state index is 12.9. The van der Waals surface area contributed by atoms with Gasteiger partial charge in [0.25, 0.3) is 0 Å². The maximum Gasteiger partial charge on any atom is 0.315 e. The number of amides is 3. The number of hydrogen-bond acceptors (Lipinski definition) is 4. The molecule has 0 aromatic heterocycles. The summed E-state index contributed by atoms with van der Waals surface area (Å²) >= 11 is 0. The molecule has 31 heavy (non-hydrogen) atoms. The molecule has 1 aromatic carbocycles. The second kappa shape index (κ2) is 10.9. The van der Waals surface area contributed by atoms with Crippen molar-refractivity contribution in [2.45, 2.75) is 68.3 Å². The van der Waals surface area contributed by atoms with E-state index in [4.69, 9.17) is 0 Å². The lowest BCUT2D eigenvalue weighted by Crippen LogP contribution is -2.51. The van der Waals surface area contributed by atoms with Crippen LogP contribution < -0.4 is 15.4 Å². The Morgan fingerprint density at radius 3 is 2.13 bits per heavy atom. The number of urea groups is 1. The Morgan fingerprint density at radius 2 is 1.52 bits per heavy atom. The zero-order chi connectivity index (χ0) is 22.3. The number of rotatable bonds is 7. The zero-order valence-corrected chi connectivity index (χ0v) is 18.4. The molecule has 2 aliphatic rings. The highest BCUT2D eigenvalue weighted by atomic mass is 32.2. The Bertz CT molecular complexity index is 849. The molecule has 0 spiro atoms. The topological polar surface area (TPSA) is 108 Å². The van der Waals surface area contributed by atoms with Gasteiger partial charge in [0.1, 0.15) is 5.82 Å². The molecule has 1 aromatic rings. The second-order valence-electron chi connectivity index (χ2n) is 8.21. The standard InChI is InChI=1S/C21H31FN4O4S/c22-16-6-8-19(9-7-16)31(29,30)23-13-10-20(27)26-14-11-18(12-15-26)25-21(28)24-17-4-2-1-3-5-17/h6-9,17-18,23H,1-5,10-15H2,(H2,24,25,28). The number of sulfonamides is 1. The highest BCUT2D eigenvalue weighted by molar-refractivity contribution is 7.89. The molecule has 3 amide bonds. The minimum absolute atomic E-state index is 0.0273. The molecular weight excluding hydrogens is 423 g/mol. The highest BCUT2D eigenvalue weighted by Gasteiger charge is 2.25. The molecular formula is C21H31FN4O4S. The van der Waals surface area contributed by atoms with Crippen molar-refractivity contribution >= 4 is 22.0 Å². The second-order valence-corrected chi connectivity index (χ2v) is 9.98. The fourth-order valence-electron chi connectivity index (χ4n) is 4.08. The van der Waals surface area contributed by atoms with Crippen LogP contribution in [-0.2, 0) is 14.8 Å². The van der Waals surface area contributed by atoms with Crippen molar-refractivity contribution in [3.05, 3.63) is 30.1 Å². The number of benzene rings is 1. The molecule has 1 heterocycles. The van der Waals surface area contributed by atoms with E-state index in [9.17, 15) is 22.4 Å². The molecule has 1 saturated carbocycles. The van der Waals surface area contributed by atoms with E-state index in [1.165, 1.54) is 18.6 Å². The summed E-state index contributed by atoms with van der Waals surface area (Å²) in [7, 11) is -3.78. The van der Waals surface area contributed by atoms with Crippen molar-refractivity contribution in [1.29, 1.82) is 0 Å². The van der Waals surface area contributed by atoms with Crippen molar-refractivity contribution in [3.8, 4) is 0 Å². The van der Waals surface area contributed by atoms with Gasteiger partial charge in [-0.3, -0.25) is 4.79 Å². The third-order valence-electron chi connectivity index (χ3n) is 5.88. The van der Waals surface area contributed by atoms with Crippen LogP contribution in [0, 0.1) is 5.82 Å². The van der Waals surface area contributed by atoms with E-state index in [1.807, 2.05) is 0 Å².